The SMILES string of the molecule is CCNCc1sccc1S(=O)(=O)N1CC(OC)C(OC)C1. The number of ether oxygens (including phenoxy) is 2. The Hall–Kier alpha value is -0.510. The topological polar surface area (TPSA) is 67.9 Å². The second kappa shape index (κ2) is 7.17. The van der Waals surface area contributed by atoms with Crippen molar-refractivity contribution < 1.29 is 17.9 Å². The van der Waals surface area contributed by atoms with Gasteiger partial charge in [-0.2, -0.15) is 4.31 Å². The van der Waals surface area contributed by atoms with Gasteiger partial charge >= 0.3 is 0 Å². The van der Waals surface area contributed by atoms with E-state index in [2.05, 4.69) is 5.32 Å². The van der Waals surface area contributed by atoms with Crippen molar-refractivity contribution in [3.63, 3.8) is 0 Å². The summed E-state index contributed by atoms with van der Waals surface area (Å²) in [6.07, 6.45) is -0.443. The highest BCUT2D eigenvalue weighted by Crippen LogP contribution is 2.28. The van der Waals surface area contributed by atoms with Crippen molar-refractivity contribution in [2.75, 3.05) is 33.9 Å². The fourth-order valence-corrected chi connectivity index (χ4v) is 5.27. The van der Waals surface area contributed by atoms with E-state index in [4.69, 9.17) is 9.47 Å². The highest BCUT2D eigenvalue weighted by atomic mass is 32.2. The van der Waals surface area contributed by atoms with Crippen LogP contribution in [0.2, 0.25) is 0 Å². The third kappa shape index (κ3) is 3.46. The normalized spacial score (nSPS) is 23.8. The molecule has 0 spiro atoms. The van der Waals surface area contributed by atoms with Crippen molar-refractivity contribution in [1.29, 1.82) is 0 Å². The van der Waals surface area contributed by atoms with Crippen LogP contribution in [-0.2, 0) is 26.0 Å². The van der Waals surface area contributed by atoms with E-state index in [1.807, 2.05) is 12.3 Å². The Kier molecular flexibility index (Phi) is 5.75. The van der Waals surface area contributed by atoms with Crippen LogP contribution in [-0.4, -0.2) is 58.8 Å². The monoisotopic (exact) mass is 334 g/mol. The van der Waals surface area contributed by atoms with Gasteiger partial charge in [0.1, 0.15) is 0 Å². The number of rotatable bonds is 7. The number of sulfonamides is 1. The molecule has 120 valence electrons. The number of nitrogens with zero attached hydrogens (tertiary/aromatic N) is 1. The van der Waals surface area contributed by atoms with Crippen LogP contribution in [0.1, 0.15) is 11.8 Å². The minimum atomic E-state index is -3.50. The first kappa shape index (κ1) is 16.9. The molecule has 1 aromatic rings. The van der Waals surface area contributed by atoms with Gasteiger partial charge in [-0.1, -0.05) is 6.92 Å². The zero-order valence-electron chi connectivity index (χ0n) is 12.5. The summed E-state index contributed by atoms with van der Waals surface area (Å²) in [5, 5.41) is 4.99. The van der Waals surface area contributed by atoms with Gasteiger partial charge in [-0.25, -0.2) is 8.42 Å². The molecule has 2 unspecified atom stereocenters. The molecule has 21 heavy (non-hydrogen) atoms. The Morgan fingerprint density at radius 1 is 1.33 bits per heavy atom. The molecule has 2 atom stereocenters. The summed E-state index contributed by atoms with van der Waals surface area (Å²) in [5.74, 6) is 0. The molecule has 2 rings (SSSR count). The summed E-state index contributed by atoms with van der Waals surface area (Å²) in [6.45, 7) is 4.02. The Bertz CT molecular complexity index is 546. The van der Waals surface area contributed by atoms with Crippen LogP contribution in [0.4, 0.5) is 0 Å². The molecule has 2 heterocycles. The second-order valence-corrected chi connectivity index (χ2v) is 7.77. The van der Waals surface area contributed by atoms with Crippen molar-refractivity contribution in [3.8, 4) is 0 Å². The summed E-state index contributed by atoms with van der Waals surface area (Å²) < 4.78 is 37.7. The smallest absolute Gasteiger partial charge is 0.244 e. The lowest BCUT2D eigenvalue weighted by Gasteiger charge is -2.16. The zero-order chi connectivity index (χ0) is 15.5. The summed E-state index contributed by atoms with van der Waals surface area (Å²) in [6, 6.07) is 1.68. The van der Waals surface area contributed by atoms with Gasteiger partial charge in [0.15, 0.2) is 0 Å². The quantitative estimate of drug-likeness (QED) is 0.802. The maximum atomic E-state index is 12.8. The third-order valence-electron chi connectivity index (χ3n) is 3.65. The van der Waals surface area contributed by atoms with Crippen LogP contribution in [0.15, 0.2) is 16.3 Å². The molecule has 0 radical (unpaired) electrons. The van der Waals surface area contributed by atoms with Crippen molar-refractivity contribution in [2.45, 2.75) is 30.6 Å². The first-order valence-electron chi connectivity index (χ1n) is 6.87. The molecule has 1 N–H and O–H groups in total. The number of hydrogen-bond acceptors (Lipinski definition) is 6. The van der Waals surface area contributed by atoms with E-state index in [9.17, 15) is 8.42 Å². The molecule has 8 heteroatoms. The first-order chi connectivity index (χ1) is 10.0. The lowest BCUT2D eigenvalue weighted by molar-refractivity contribution is -0.00461. The van der Waals surface area contributed by atoms with Crippen LogP contribution < -0.4 is 5.32 Å². The van der Waals surface area contributed by atoms with Crippen molar-refractivity contribution in [3.05, 3.63) is 16.3 Å². The molecule has 0 amide bonds. The lowest BCUT2D eigenvalue weighted by Crippen LogP contribution is -2.31. The molecule has 1 saturated heterocycles. The van der Waals surface area contributed by atoms with Crippen LogP contribution in [0.5, 0.6) is 0 Å². The Morgan fingerprint density at radius 2 is 1.95 bits per heavy atom. The fourth-order valence-electron chi connectivity index (χ4n) is 2.43. The molecule has 1 fully saturated rings. The minimum Gasteiger partial charge on any atom is -0.377 e. The Balaban J connectivity index is 2.21. The number of nitrogens with one attached hydrogen (secondary N) is 1. The van der Waals surface area contributed by atoms with E-state index < -0.39 is 10.0 Å². The van der Waals surface area contributed by atoms with Gasteiger partial charge in [-0.05, 0) is 18.0 Å². The summed E-state index contributed by atoms with van der Waals surface area (Å²) in [5.41, 5.74) is 0. The van der Waals surface area contributed by atoms with E-state index in [1.54, 1.807) is 20.3 Å². The van der Waals surface area contributed by atoms with Gasteiger partial charge in [0.05, 0.1) is 17.1 Å². The van der Waals surface area contributed by atoms with E-state index >= 15 is 0 Å². The van der Waals surface area contributed by atoms with Crippen molar-refractivity contribution in [1.82, 2.24) is 9.62 Å². The molecule has 1 aliphatic rings. The van der Waals surface area contributed by atoms with Crippen LogP contribution in [0.3, 0.4) is 0 Å². The fraction of sp³-hybridized carbons (Fsp3) is 0.692. The highest BCUT2D eigenvalue weighted by molar-refractivity contribution is 7.89. The molecule has 6 nitrogen and oxygen atoms in total. The number of hydrogen-bond donors (Lipinski definition) is 1. The van der Waals surface area contributed by atoms with E-state index in [-0.39, 0.29) is 12.2 Å². The summed E-state index contributed by atoms with van der Waals surface area (Å²) in [7, 11) is -0.344. The average molecular weight is 334 g/mol. The van der Waals surface area contributed by atoms with Gasteiger partial charge < -0.3 is 14.8 Å². The average Bonchev–Trinajstić information content (AvgIpc) is 3.11. The molecule has 0 bridgehead atoms. The molecule has 1 aromatic heterocycles. The van der Waals surface area contributed by atoms with Crippen LogP contribution in [0.25, 0.3) is 0 Å². The van der Waals surface area contributed by atoms with E-state index in [1.165, 1.54) is 15.6 Å². The minimum absolute atomic E-state index is 0.222. The zero-order valence-corrected chi connectivity index (χ0v) is 14.2. The van der Waals surface area contributed by atoms with Gasteiger partial charge in [0.25, 0.3) is 0 Å². The largest absolute Gasteiger partial charge is 0.377 e. The molecular weight excluding hydrogens is 312 g/mol. The van der Waals surface area contributed by atoms with Gasteiger partial charge in [0, 0.05) is 38.7 Å². The number of methoxy groups -OCH3 is 2. The molecule has 0 aromatic carbocycles. The molecule has 1 aliphatic heterocycles. The Labute approximate surface area is 130 Å². The van der Waals surface area contributed by atoms with Crippen LogP contribution >= 0.6 is 11.3 Å². The van der Waals surface area contributed by atoms with E-state index in [0.717, 1.165) is 11.4 Å². The van der Waals surface area contributed by atoms with Crippen molar-refractivity contribution >= 4 is 21.4 Å². The summed E-state index contributed by atoms with van der Waals surface area (Å²) >= 11 is 1.46. The highest BCUT2D eigenvalue weighted by Gasteiger charge is 2.40. The predicted octanol–water partition coefficient (Wildman–Crippen LogP) is 0.892. The Morgan fingerprint density at radius 3 is 2.48 bits per heavy atom. The lowest BCUT2D eigenvalue weighted by atomic mass is 10.3. The van der Waals surface area contributed by atoms with Gasteiger partial charge in [-0.15, -0.1) is 11.3 Å². The second-order valence-electron chi connectivity index (χ2n) is 4.86. The van der Waals surface area contributed by atoms with E-state index in [0.29, 0.717) is 24.5 Å². The maximum Gasteiger partial charge on any atom is 0.244 e. The van der Waals surface area contributed by atoms with Gasteiger partial charge in [0.2, 0.25) is 10.0 Å². The first-order valence-corrected chi connectivity index (χ1v) is 9.19. The number of thiophene rings is 1. The van der Waals surface area contributed by atoms with Crippen LogP contribution in [0, 0.1) is 0 Å². The predicted molar refractivity (Wildman–Crippen MR) is 82.1 cm³/mol. The maximum absolute atomic E-state index is 12.8. The van der Waals surface area contributed by atoms with Gasteiger partial charge in [-0.3, -0.25) is 0 Å². The molecule has 0 saturated carbocycles. The third-order valence-corrected chi connectivity index (χ3v) is 6.61. The molecular formula is C13H22N2O4S2. The summed E-state index contributed by atoms with van der Waals surface area (Å²) in [4.78, 5) is 1.23. The molecule has 0 aliphatic carbocycles. The van der Waals surface area contributed by atoms with Crippen molar-refractivity contribution in [2.24, 2.45) is 0 Å². The standard InChI is InChI=1S/C13H22N2O4S2/c1-4-14-7-12-13(5-6-20-12)21(16,17)15-8-10(18-2)11(9-15)19-3/h5-6,10-11,14H,4,7-9H2,1-3H3.